The third-order valence-corrected chi connectivity index (χ3v) is 4.37. The van der Waals surface area contributed by atoms with Gasteiger partial charge in [-0.15, -0.1) is 0 Å². The van der Waals surface area contributed by atoms with E-state index >= 15 is 0 Å². The maximum atomic E-state index is 12.2. The van der Waals surface area contributed by atoms with Gasteiger partial charge in [0.1, 0.15) is 0 Å². The second-order valence-electron chi connectivity index (χ2n) is 6.03. The number of piperidine rings is 1. The molecule has 1 amide bonds. The molecule has 2 N–H and O–H groups in total. The maximum Gasteiger partial charge on any atom is 0.222 e. The Morgan fingerprint density at radius 3 is 2.90 bits per heavy atom. The topological polar surface area (TPSA) is 41.1 Å². The van der Waals surface area contributed by atoms with Crippen molar-refractivity contribution in [1.29, 1.82) is 0 Å². The lowest BCUT2D eigenvalue weighted by Gasteiger charge is -2.30. The van der Waals surface area contributed by atoms with E-state index in [9.17, 15) is 4.79 Å². The van der Waals surface area contributed by atoms with Gasteiger partial charge >= 0.3 is 0 Å². The number of rotatable bonds is 4. The molecule has 1 saturated heterocycles. The quantitative estimate of drug-likeness (QED) is 0.886. The largest absolute Gasteiger partial charge is 0.350 e. The van der Waals surface area contributed by atoms with E-state index in [1.54, 1.807) is 0 Å². The fraction of sp³-hybridized carbons (Fsp3) is 0.588. The van der Waals surface area contributed by atoms with Gasteiger partial charge in [0.05, 0.1) is 6.04 Å². The average molecular weight is 274 g/mol. The summed E-state index contributed by atoms with van der Waals surface area (Å²) >= 11 is 0. The number of amides is 1. The fourth-order valence-electron chi connectivity index (χ4n) is 3.04. The molecule has 0 radical (unpaired) electrons. The molecule has 0 aliphatic carbocycles. The van der Waals surface area contributed by atoms with Crippen molar-refractivity contribution < 1.29 is 4.79 Å². The highest BCUT2D eigenvalue weighted by Crippen LogP contribution is 2.20. The fourth-order valence-corrected chi connectivity index (χ4v) is 3.04. The van der Waals surface area contributed by atoms with Gasteiger partial charge in [-0.1, -0.05) is 31.2 Å². The van der Waals surface area contributed by atoms with Crippen molar-refractivity contribution in [2.75, 3.05) is 6.54 Å². The van der Waals surface area contributed by atoms with Crippen LogP contribution < -0.4 is 10.6 Å². The lowest BCUT2D eigenvalue weighted by molar-refractivity contribution is -0.122. The zero-order valence-electron chi connectivity index (χ0n) is 12.8. The summed E-state index contributed by atoms with van der Waals surface area (Å²) in [5.41, 5.74) is 2.43. The molecule has 3 unspecified atom stereocenters. The summed E-state index contributed by atoms with van der Waals surface area (Å²) in [5.74, 6) is 0.732. The van der Waals surface area contributed by atoms with Crippen LogP contribution in [0.3, 0.4) is 0 Å². The summed E-state index contributed by atoms with van der Waals surface area (Å²) in [6.07, 6.45) is 3.02. The van der Waals surface area contributed by atoms with Crippen molar-refractivity contribution in [2.45, 2.75) is 52.1 Å². The Labute approximate surface area is 122 Å². The Morgan fingerprint density at radius 2 is 2.20 bits per heavy atom. The average Bonchev–Trinajstić information content (AvgIpc) is 2.41. The van der Waals surface area contributed by atoms with Crippen molar-refractivity contribution in [3.63, 3.8) is 0 Å². The molecule has 3 nitrogen and oxygen atoms in total. The molecule has 1 aliphatic heterocycles. The zero-order valence-corrected chi connectivity index (χ0v) is 12.8. The van der Waals surface area contributed by atoms with Crippen LogP contribution >= 0.6 is 0 Å². The van der Waals surface area contributed by atoms with Crippen LogP contribution in [0.4, 0.5) is 0 Å². The molecule has 110 valence electrons. The first-order valence-corrected chi connectivity index (χ1v) is 7.66. The van der Waals surface area contributed by atoms with Crippen LogP contribution in [0.15, 0.2) is 24.3 Å². The van der Waals surface area contributed by atoms with E-state index in [2.05, 4.69) is 43.5 Å². The number of hydrogen-bond acceptors (Lipinski definition) is 2. The minimum Gasteiger partial charge on any atom is -0.350 e. The number of hydrogen-bond donors (Lipinski definition) is 2. The highest BCUT2D eigenvalue weighted by molar-refractivity contribution is 5.77. The van der Waals surface area contributed by atoms with Gasteiger partial charge in [0.15, 0.2) is 0 Å². The number of nitrogens with one attached hydrogen (secondary N) is 2. The number of aryl methyl sites for hydroxylation is 1. The van der Waals surface area contributed by atoms with Crippen LogP contribution in [-0.4, -0.2) is 18.5 Å². The first kappa shape index (κ1) is 15.0. The van der Waals surface area contributed by atoms with E-state index in [1.165, 1.54) is 24.0 Å². The molecule has 1 aliphatic rings. The lowest BCUT2D eigenvalue weighted by atomic mass is 9.90. The number of carbonyl (C=O) groups excluding carboxylic acids is 1. The highest BCUT2D eigenvalue weighted by atomic mass is 16.1. The van der Waals surface area contributed by atoms with Crippen LogP contribution in [0.2, 0.25) is 0 Å². The zero-order chi connectivity index (χ0) is 14.5. The Bertz CT molecular complexity index is 458. The minimum atomic E-state index is 0.0718. The van der Waals surface area contributed by atoms with Gasteiger partial charge < -0.3 is 10.6 Å². The molecule has 1 aromatic rings. The molecule has 1 aromatic carbocycles. The molecule has 0 aromatic heterocycles. The van der Waals surface area contributed by atoms with Crippen molar-refractivity contribution in [3.05, 3.63) is 35.4 Å². The van der Waals surface area contributed by atoms with E-state index < -0.39 is 0 Å². The van der Waals surface area contributed by atoms with Crippen LogP contribution in [0.1, 0.15) is 50.3 Å². The second-order valence-corrected chi connectivity index (χ2v) is 6.03. The van der Waals surface area contributed by atoms with E-state index in [-0.39, 0.29) is 11.9 Å². The van der Waals surface area contributed by atoms with E-state index in [0.29, 0.717) is 18.4 Å². The Kier molecular flexibility index (Phi) is 5.18. The molecule has 1 fully saturated rings. The highest BCUT2D eigenvalue weighted by Gasteiger charge is 2.23. The van der Waals surface area contributed by atoms with Crippen LogP contribution in [0.5, 0.6) is 0 Å². The molecular formula is C17H26N2O. The van der Waals surface area contributed by atoms with Gasteiger partial charge in [-0.25, -0.2) is 0 Å². The molecule has 1 heterocycles. The molecule has 0 spiro atoms. The first-order valence-electron chi connectivity index (χ1n) is 7.66. The predicted octanol–water partition coefficient (Wildman–Crippen LogP) is 2.95. The predicted molar refractivity (Wildman–Crippen MR) is 82.5 cm³/mol. The van der Waals surface area contributed by atoms with Gasteiger partial charge in [-0.2, -0.15) is 0 Å². The monoisotopic (exact) mass is 274 g/mol. The minimum absolute atomic E-state index is 0.0718. The SMILES string of the molecule is Cc1ccccc1C(C)NC(=O)CC1NCCCC1C. The van der Waals surface area contributed by atoms with E-state index in [4.69, 9.17) is 0 Å². The summed E-state index contributed by atoms with van der Waals surface area (Å²) in [6.45, 7) is 7.41. The standard InChI is InChI=1S/C17H26N2O/c1-12-7-4-5-9-15(12)14(3)19-17(20)11-16-13(2)8-6-10-18-16/h4-5,7,9,13-14,16,18H,6,8,10-11H2,1-3H3,(H,19,20). The Morgan fingerprint density at radius 1 is 1.45 bits per heavy atom. The lowest BCUT2D eigenvalue weighted by Crippen LogP contribution is -2.43. The van der Waals surface area contributed by atoms with Crippen molar-refractivity contribution in [2.24, 2.45) is 5.92 Å². The summed E-state index contributed by atoms with van der Waals surface area (Å²) in [6, 6.07) is 8.62. The van der Waals surface area contributed by atoms with Gasteiger partial charge in [0, 0.05) is 12.5 Å². The summed E-state index contributed by atoms with van der Waals surface area (Å²) in [7, 11) is 0. The van der Waals surface area contributed by atoms with Gasteiger partial charge in [0.25, 0.3) is 0 Å². The third kappa shape index (κ3) is 3.83. The second kappa shape index (κ2) is 6.89. The van der Waals surface area contributed by atoms with Gasteiger partial charge in [0.2, 0.25) is 5.91 Å². The normalized spacial score (nSPS) is 24.1. The van der Waals surface area contributed by atoms with Crippen molar-refractivity contribution in [3.8, 4) is 0 Å². The van der Waals surface area contributed by atoms with Crippen molar-refractivity contribution >= 4 is 5.91 Å². The van der Waals surface area contributed by atoms with Crippen LogP contribution in [0, 0.1) is 12.8 Å². The summed E-state index contributed by atoms with van der Waals surface area (Å²) in [5, 5.41) is 6.59. The van der Waals surface area contributed by atoms with E-state index in [1.807, 2.05) is 12.1 Å². The van der Waals surface area contributed by atoms with Crippen LogP contribution in [0.25, 0.3) is 0 Å². The molecule has 2 rings (SSSR count). The first-order chi connectivity index (χ1) is 9.58. The van der Waals surface area contributed by atoms with Gasteiger partial charge in [-0.05, 0) is 50.3 Å². The molecule has 3 heteroatoms. The third-order valence-electron chi connectivity index (χ3n) is 4.37. The number of carbonyl (C=O) groups is 1. The molecule has 3 atom stereocenters. The maximum absolute atomic E-state index is 12.2. The Balaban J connectivity index is 1.89. The summed E-state index contributed by atoms with van der Waals surface area (Å²) < 4.78 is 0. The summed E-state index contributed by atoms with van der Waals surface area (Å²) in [4.78, 5) is 12.2. The number of benzene rings is 1. The smallest absolute Gasteiger partial charge is 0.222 e. The van der Waals surface area contributed by atoms with Crippen molar-refractivity contribution in [1.82, 2.24) is 10.6 Å². The van der Waals surface area contributed by atoms with Gasteiger partial charge in [-0.3, -0.25) is 4.79 Å². The molecule has 0 saturated carbocycles. The Hall–Kier alpha value is -1.35. The molecule has 20 heavy (non-hydrogen) atoms. The molecular weight excluding hydrogens is 248 g/mol. The van der Waals surface area contributed by atoms with Crippen LogP contribution in [-0.2, 0) is 4.79 Å². The molecule has 0 bridgehead atoms. The van der Waals surface area contributed by atoms with E-state index in [0.717, 1.165) is 6.54 Å².